The minimum Gasteiger partial charge on any atom is -0.508 e. The Labute approximate surface area is 124 Å². The van der Waals surface area contributed by atoms with E-state index in [0.717, 1.165) is 25.8 Å². The van der Waals surface area contributed by atoms with Crippen LogP contribution >= 0.6 is 0 Å². The van der Waals surface area contributed by atoms with Crippen LogP contribution in [-0.4, -0.2) is 46.2 Å². The van der Waals surface area contributed by atoms with Crippen LogP contribution < -0.4 is 5.32 Å². The Kier molecular flexibility index (Phi) is 4.01. The molecule has 1 saturated carbocycles. The summed E-state index contributed by atoms with van der Waals surface area (Å²) in [6.45, 7) is 1.69. The maximum absolute atomic E-state index is 12.7. The van der Waals surface area contributed by atoms with E-state index >= 15 is 0 Å². The molecule has 21 heavy (non-hydrogen) atoms. The first-order chi connectivity index (χ1) is 10.1. The van der Waals surface area contributed by atoms with Crippen molar-refractivity contribution in [3.05, 3.63) is 23.8 Å². The van der Waals surface area contributed by atoms with E-state index in [1.165, 1.54) is 31.0 Å². The van der Waals surface area contributed by atoms with E-state index in [2.05, 4.69) is 5.32 Å². The van der Waals surface area contributed by atoms with E-state index in [0.29, 0.717) is 12.6 Å². The van der Waals surface area contributed by atoms with E-state index in [4.69, 9.17) is 0 Å². The largest absolute Gasteiger partial charge is 0.508 e. The summed E-state index contributed by atoms with van der Waals surface area (Å²) in [4.78, 5) is 14.6. The van der Waals surface area contributed by atoms with Crippen LogP contribution in [0.5, 0.6) is 11.5 Å². The van der Waals surface area contributed by atoms with Gasteiger partial charge in [-0.1, -0.05) is 6.42 Å². The van der Waals surface area contributed by atoms with Crippen molar-refractivity contribution < 1.29 is 15.0 Å². The summed E-state index contributed by atoms with van der Waals surface area (Å²) in [5.41, 5.74) is 0.192. The number of amides is 1. The van der Waals surface area contributed by atoms with Crippen molar-refractivity contribution in [2.75, 3.05) is 13.1 Å². The van der Waals surface area contributed by atoms with Crippen LogP contribution in [0, 0.1) is 0 Å². The number of benzene rings is 1. The molecular weight excluding hydrogens is 268 g/mol. The SMILES string of the molecule is O=C(c1cc(O)ccc1O)N(CC1CCCCN1)C1CC1. The van der Waals surface area contributed by atoms with Crippen molar-refractivity contribution >= 4 is 5.91 Å². The van der Waals surface area contributed by atoms with Gasteiger partial charge in [-0.25, -0.2) is 0 Å². The average molecular weight is 290 g/mol. The first-order valence-electron chi connectivity index (χ1n) is 7.71. The summed E-state index contributed by atoms with van der Waals surface area (Å²) >= 11 is 0. The monoisotopic (exact) mass is 290 g/mol. The number of phenols is 2. The molecule has 1 heterocycles. The Morgan fingerprint density at radius 1 is 1.24 bits per heavy atom. The van der Waals surface area contributed by atoms with Gasteiger partial charge in [-0.2, -0.15) is 0 Å². The second-order valence-electron chi connectivity index (χ2n) is 6.04. The zero-order chi connectivity index (χ0) is 14.8. The Balaban J connectivity index is 1.76. The van der Waals surface area contributed by atoms with Gasteiger partial charge in [0, 0.05) is 18.6 Å². The maximum atomic E-state index is 12.7. The molecule has 3 N–H and O–H groups in total. The first kappa shape index (κ1) is 14.2. The summed E-state index contributed by atoms with van der Waals surface area (Å²) < 4.78 is 0. The Hall–Kier alpha value is -1.75. The van der Waals surface area contributed by atoms with Gasteiger partial charge >= 0.3 is 0 Å². The van der Waals surface area contributed by atoms with Gasteiger partial charge in [-0.3, -0.25) is 4.79 Å². The molecule has 0 bridgehead atoms. The number of phenolic OH excluding ortho intramolecular Hbond substituents is 2. The van der Waals surface area contributed by atoms with E-state index in [9.17, 15) is 15.0 Å². The van der Waals surface area contributed by atoms with Gasteiger partial charge in [0.2, 0.25) is 0 Å². The van der Waals surface area contributed by atoms with Crippen LogP contribution in [-0.2, 0) is 0 Å². The zero-order valence-electron chi connectivity index (χ0n) is 12.1. The van der Waals surface area contributed by atoms with Crippen molar-refractivity contribution in [3.63, 3.8) is 0 Å². The number of nitrogens with one attached hydrogen (secondary N) is 1. The minimum atomic E-state index is -0.182. The smallest absolute Gasteiger partial charge is 0.258 e. The third-order valence-corrected chi connectivity index (χ3v) is 4.29. The third kappa shape index (κ3) is 3.29. The molecule has 114 valence electrons. The molecule has 2 aliphatic rings. The lowest BCUT2D eigenvalue weighted by Gasteiger charge is -2.31. The van der Waals surface area contributed by atoms with E-state index in [1.807, 2.05) is 4.90 Å². The quantitative estimate of drug-likeness (QED) is 0.740. The van der Waals surface area contributed by atoms with Gasteiger partial charge in [0.05, 0.1) is 5.56 Å². The molecule has 5 nitrogen and oxygen atoms in total. The lowest BCUT2D eigenvalue weighted by atomic mass is 10.0. The molecule has 2 fully saturated rings. The molecule has 0 spiro atoms. The van der Waals surface area contributed by atoms with Gasteiger partial charge in [0.15, 0.2) is 0 Å². The van der Waals surface area contributed by atoms with Crippen molar-refractivity contribution in [2.24, 2.45) is 0 Å². The molecule has 1 unspecified atom stereocenters. The van der Waals surface area contributed by atoms with Gasteiger partial charge in [-0.15, -0.1) is 0 Å². The number of piperidine rings is 1. The summed E-state index contributed by atoms with van der Waals surface area (Å²) in [6, 6.07) is 4.72. The Morgan fingerprint density at radius 3 is 2.71 bits per heavy atom. The number of carbonyl (C=O) groups excluding carboxylic acids is 1. The maximum Gasteiger partial charge on any atom is 0.258 e. The molecule has 1 aliphatic heterocycles. The predicted octanol–water partition coefficient (Wildman–Crippen LogP) is 1.84. The molecule has 0 radical (unpaired) electrons. The molecule has 5 heteroatoms. The normalized spacial score (nSPS) is 22.0. The van der Waals surface area contributed by atoms with Crippen LogP contribution in [0.3, 0.4) is 0 Å². The van der Waals surface area contributed by atoms with E-state index < -0.39 is 0 Å². The summed E-state index contributed by atoms with van der Waals surface area (Å²) in [6.07, 6.45) is 5.53. The highest BCUT2D eigenvalue weighted by Gasteiger charge is 2.35. The number of carbonyl (C=O) groups is 1. The summed E-state index contributed by atoms with van der Waals surface area (Å²) in [5, 5.41) is 22.9. The Bertz CT molecular complexity index is 522. The number of aromatic hydroxyl groups is 2. The van der Waals surface area contributed by atoms with Crippen molar-refractivity contribution in [3.8, 4) is 11.5 Å². The second-order valence-corrected chi connectivity index (χ2v) is 6.04. The molecule has 1 atom stereocenters. The average Bonchev–Trinajstić information content (AvgIpc) is 3.32. The van der Waals surface area contributed by atoms with Crippen molar-refractivity contribution in [2.45, 2.75) is 44.2 Å². The molecule has 1 amide bonds. The zero-order valence-corrected chi connectivity index (χ0v) is 12.1. The molecule has 1 aromatic carbocycles. The summed E-state index contributed by atoms with van der Waals surface area (Å²) in [5.74, 6) is -0.249. The van der Waals surface area contributed by atoms with Crippen LogP contribution in [0.2, 0.25) is 0 Å². The highest BCUT2D eigenvalue weighted by molar-refractivity contribution is 5.97. The van der Waals surface area contributed by atoms with Gasteiger partial charge in [-0.05, 0) is 50.4 Å². The second kappa shape index (κ2) is 5.93. The van der Waals surface area contributed by atoms with Crippen LogP contribution in [0.25, 0.3) is 0 Å². The van der Waals surface area contributed by atoms with E-state index in [-0.39, 0.29) is 29.0 Å². The molecule has 1 saturated heterocycles. The van der Waals surface area contributed by atoms with Crippen molar-refractivity contribution in [1.29, 1.82) is 0 Å². The van der Waals surface area contributed by atoms with Crippen LogP contribution in [0.1, 0.15) is 42.5 Å². The van der Waals surface area contributed by atoms with Crippen LogP contribution in [0.15, 0.2) is 18.2 Å². The van der Waals surface area contributed by atoms with Gasteiger partial charge in [0.25, 0.3) is 5.91 Å². The lowest BCUT2D eigenvalue weighted by molar-refractivity contribution is 0.0714. The lowest BCUT2D eigenvalue weighted by Crippen LogP contribution is -2.46. The van der Waals surface area contributed by atoms with Gasteiger partial charge < -0.3 is 20.4 Å². The number of nitrogens with zero attached hydrogens (tertiary/aromatic N) is 1. The standard InChI is InChI=1S/C16H22N2O3/c19-13-6-7-15(20)14(9-13)16(21)18(12-4-5-12)10-11-3-1-2-8-17-11/h6-7,9,11-12,17,19-20H,1-5,8,10H2. The third-order valence-electron chi connectivity index (χ3n) is 4.29. The van der Waals surface area contributed by atoms with Crippen molar-refractivity contribution in [1.82, 2.24) is 10.2 Å². The number of hydrogen-bond acceptors (Lipinski definition) is 4. The first-order valence-corrected chi connectivity index (χ1v) is 7.71. The molecular formula is C16H22N2O3. The fraction of sp³-hybridized carbons (Fsp3) is 0.562. The number of hydrogen-bond donors (Lipinski definition) is 3. The molecule has 1 aromatic rings. The molecule has 0 aromatic heterocycles. The molecule has 3 rings (SSSR count). The fourth-order valence-electron chi connectivity index (χ4n) is 2.95. The van der Waals surface area contributed by atoms with E-state index in [1.54, 1.807) is 0 Å². The predicted molar refractivity (Wildman–Crippen MR) is 79.5 cm³/mol. The number of rotatable bonds is 4. The molecule has 1 aliphatic carbocycles. The Morgan fingerprint density at radius 2 is 2.05 bits per heavy atom. The summed E-state index contributed by atoms with van der Waals surface area (Å²) in [7, 11) is 0. The highest BCUT2D eigenvalue weighted by atomic mass is 16.3. The topological polar surface area (TPSA) is 72.8 Å². The highest BCUT2D eigenvalue weighted by Crippen LogP contribution is 2.31. The fourth-order valence-corrected chi connectivity index (χ4v) is 2.95. The van der Waals surface area contributed by atoms with Crippen LogP contribution in [0.4, 0.5) is 0 Å². The van der Waals surface area contributed by atoms with Gasteiger partial charge in [0.1, 0.15) is 11.5 Å². The minimum absolute atomic E-state index is 0.00249.